The van der Waals surface area contributed by atoms with Gasteiger partial charge >= 0.3 is 6.03 Å². The van der Waals surface area contributed by atoms with Crippen LogP contribution in [-0.4, -0.2) is 43.0 Å². The number of unbranched alkanes of at least 4 members (excludes halogenated alkanes) is 1. The highest BCUT2D eigenvalue weighted by atomic mass is 32.1. The molecule has 3 rings (SSSR count). The zero-order chi connectivity index (χ0) is 15.7. The molecule has 2 amide bonds. The number of carbonyl (C=O) groups excluding carboxylic acids is 2. The van der Waals surface area contributed by atoms with Gasteiger partial charge in [-0.15, -0.1) is 11.3 Å². The topological polar surface area (TPSA) is 49.9 Å². The van der Waals surface area contributed by atoms with Gasteiger partial charge in [0.1, 0.15) is 5.00 Å². The van der Waals surface area contributed by atoms with Gasteiger partial charge in [-0.25, -0.2) is 4.79 Å². The lowest BCUT2D eigenvalue weighted by Crippen LogP contribution is -2.50. The van der Waals surface area contributed by atoms with Crippen LogP contribution in [0.2, 0.25) is 0 Å². The highest BCUT2D eigenvalue weighted by Gasteiger charge is 2.37. The Hall–Kier alpha value is -1.66. The Bertz CT molecular complexity index is 607. The number of rotatable bonds is 6. The maximum absolute atomic E-state index is 12.8. The largest absolute Gasteiger partial charge is 0.376 e. The molecule has 0 radical (unpaired) electrons. The van der Waals surface area contributed by atoms with Crippen LogP contribution in [0.3, 0.4) is 0 Å². The minimum atomic E-state index is -0.0549. The van der Waals surface area contributed by atoms with Crippen molar-refractivity contribution < 1.29 is 14.3 Å². The monoisotopic (exact) mass is 320 g/mol. The number of aldehydes is 1. The van der Waals surface area contributed by atoms with Gasteiger partial charge in [-0.2, -0.15) is 0 Å². The van der Waals surface area contributed by atoms with Crippen molar-refractivity contribution in [3.8, 4) is 0 Å². The molecule has 2 aliphatic rings. The predicted octanol–water partition coefficient (Wildman–Crippen LogP) is 3.36. The molecule has 1 aromatic heterocycles. The first kappa shape index (κ1) is 15.2. The van der Waals surface area contributed by atoms with Gasteiger partial charge in [-0.05, 0) is 18.9 Å². The summed E-state index contributed by atoms with van der Waals surface area (Å²) in [6.07, 6.45) is 3.84. The summed E-state index contributed by atoms with van der Waals surface area (Å²) in [6.45, 7) is 8.13. The van der Waals surface area contributed by atoms with Crippen LogP contribution in [-0.2, 0) is 4.74 Å². The van der Waals surface area contributed by atoms with Gasteiger partial charge < -0.3 is 4.74 Å². The van der Waals surface area contributed by atoms with Gasteiger partial charge in [-0.3, -0.25) is 14.6 Å². The van der Waals surface area contributed by atoms with E-state index in [0.29, 0.717) is 23.7 Å². The molecule has 0 bridgehead atoms. The normalized spacial score (nSPS) is 20.9. The molecule has 1 saturated heterocycles. The number of hydrogen-bond acceptors (Lipinski definition) is 4. The van der Waals surface area contributed by atoms with E-state index >= 15 is 0 Å². The van der Waals surface area contributed by atoms with E-state index in [1.54, 1.807) is 9.80 Å². The van der Waals surface area contributed by atoms with Crippen molar-refractivity contribution in [3.05, 3.63) is 23.1 Å². The van der Waals surface area contributed by atoms with E-state index in [1.165, 1.54) is 11.3 Å². The van der Waals surface area contributed by atoms with E-state index in [-0.39, 0.29) is 12.1 Å². The van der Waals surface area contributed by atoms with Crippen molar-refractivity contribution in [2.24, 2.45) is 0 Å². The number of fused-ring (bicyclic) bond motifs is 1. The van der Waals surface area contributed by atoms with Crippen molar-refractivity contribution in [3.63, 3.8) is 0 Å². The summed E-state index contributed by atoms with van der Waals surface area (Å²) in [4.78, 5) is 28.0. The molecule has 1 aromatic rings. The van der Waals surface area contributed by atoms with Gasteiger partial charge in [0.15, 0.2) is 6.29 Å². The Kier molecular flexibility index (Phi) is 4.31. The average Bonchev–Trinajstić information content (AvgIpc) is 2.90. The molecule has 0 aromatic carbocycles. The molecule has 0 aliphatic carbocycles. The van der Waals surface area contributed by atoms with E-state index < -0.39 is 0 Å². The summed E-state index contributed by atoms with van der Waals surface area (Å²) in [6, 6.07) is 1.77. The molecule has 2 aliphatic heterocycles. The van der Waals surface area contributed by atoms with Crippen molar-refractivity contribution in [2.45, 2.75) is 32.3 Å². The number of urea groups is 1. The van der Waals surface area contributed by atoms with Crippen molar-refractivity contribution in [1.29, 1.82) is 0 Å². The van der Waals surface area contributed by atoms with E-state index in [2.05, 4.69) is 13.5 Å². The number of anilines is 1. The number of ether oxygens (including phenoxy) is 1. The Morgan fingerprint density at radius 3 is 2.86 bits per heavy atom. The van der Waals surface area contributed by atoms with Crippen LogP contribution in [0.5, 0.6) is 0 Å². The molecule has 118 valence electrons. The molecule has 1 unspecified atom stereocenters. The SMILES string of the molecule is C=C1c2cc(C=O)sc2N(CC2CCO2)C(=O)N1CCCC. The second-order valence-electron chi connectivity index (χ2n) is 5.61. The Morgan fingerprint density at radius 2 is 2.27 bits per heavy atom. The fraction of sp³-hybridized carbons (Fsp3) is 0.500. The van der Waals surface area contributed by atoms with Crippen molar-refractivity contribution in [1.82, 2.24) is 4.90 Å². The van der Waals surface area contributed by atoms with E-state index in [0.717, 1.165) is 42.7 Å². The molecule has 0 N–H and O–H groups in total. The average molecular weight is 320 g/mol. The van der Waals surface area contributed by atoms with Gasteiger partial charge in [0, 0.05) is 24.4 Å². The van der Waals surface area contributed by atoms with Gasteiger partial charge in [-0.1, -0.05) is 19.9 Å². The lowest BCUT2D eigenvalue weighted by molar-refractivity contribution is -0.0438. The van der Waals surface area contributed by atoms with Gasteiger partial charge in [0.2, 0.25) is 0 Å². The first-order chi connectivity index (χ1) is 10.7. The van der Waals surface area contributed by atoms with Gasteiger partial charge in [0.25, 0.3) is 0 Å². The Morgan fingerprint density at radius 1 is 1.50 bits per heavy atom. The zero-order valence-corrected chi connectivity index (χ0v) is 13.5. The number of carbonyl (C=O) groups is 2. The Balaban J connectivity index is 1.93. The predicted molar refractivity (Wildman–Crippen MR) is 87.5 cm³/mol. The highest BCUT2D eigenvalue weighted by Crippen LogP contribution is 2.41. The minimum Gasteiger partial charge on any atom is -0.376 e. The first-order valence-electron chi connectivity index (χ1n) is 7.64. The molecule has 6 heteroatoms. The number of nitrogens with zero attached hydrogens (tertiary/aromatic N) is 2. The highest BCUT2D eigenvalue weighted by molar-refractivity contribution is 7.18. The summed E-state index contributed by atoms with van der Waals surface area (Å²) in [5.74, 6) is 0. The second-order valence-corrected chi connectivity index (χ2v) is 6.67. The van der Waals surface area contributed by atoms with Crippen LogP contribution in [0.15, 0.2) is 12.6 Å². The summed E-state index contributed by atoms with van der Waals surface area (Å²) in [5, 5.41) is 0.820. The van der Waals surface area contributed by atoms with Gasteiger partial charge in [0.05, 0.1) is 17.5 Å². The van der Waals surface area contributed by atoms with Crippen LogP contribution in [0, 0.1) is 0 Å². The Labute approximate surface area is 134 Å². The summed E-state index contributed by atoms with van der Waals surface area (Å²) >= 11 is 1.35. The summed E-state index contributed by atoms with van der Waals surface area (Å²) < 4.78 is 5.47. The van der Waals surface area contributed by atoms with Crippen molar-refractivity contribution in [2.75, 3.05) is 24.6 Å². The van der Waals surface area contributed by atoms with E-state index in [1.807, 2.05) is 6.07 Å². The lowest BCUT2D eigenvalue weighted by atomic mass is 10.1. The third kappa shape index (κ3) is 2.57. The molecular formula is C16H20N2O3S. The second kappa shape index (κ2) is 6.22. The molecule has 0 spiro atoms. The molecule has 1 atom stereocenters. The lowest BCUT2D eigenvalue weighted by Gasteiger charge is -2.39. The summed E-state index contributed by atoms with van der Waals surface area (Å²) in [7, 11) is 0. The fourth-order valence-electron chi connectivity index (χ4n) is 2.70. The van der Waals surface area contributed by atoms with Crippen LogP contribution < -0.4 is 4.90 Å². The van der Waals surface area contributed by atoms with Crippen LogP contribution in [0.25, 0.3) is 5.70 Å². The summed E-state index contributed by atoms with van der Waals surface area (Å²) in [5.41, 5.74) is 1.59. The third-order valence-electron chi connectivity index (χ3n) is 4.11. The molecule has 0 saturated carbocycles. The molecule has 3 heterocycles. The van der Waals surface area contributed by atoms with Crippen molar-refractivity contribution >= 4 is 34.4 Å². The maximum atomic E-state index is 12.8. The zero-order valence-electron chi connectivity index (χ0n) is 12.7. The van der Waals surface area contributed by atoms with E-state index in [4.69, 9.17) is 4.74 Å². The smallest absolute Gasteiger partial charge is 0.329 e. The number of amides is 2. The van der Waals surface area contributed by atoms with Crippen LogP contribution in [0.4, 0.5) is 9.80 Å². The third-order valence-corrected chi connectivity index (χ3v) is 5.19. The van der Waals surface area contributed by atoms with Crippen LogP contribution >= 0.6 is 11.3 Å². The standard InChI is InChI=1S/C16H20N2O3S/c1-3-4-6-17-11(2)14-8-13(10-19)22-15(14)18(16(17)20)9-12-5-7-21-12/h8,10,12H,2-7,9H2,1H3. The fourth-order valence-corrected chi connectivity index (χ4v) is 3.70. The number of hydrogen-bond donors (Lipinski definition) is 0. The number of thiophene rings is 1. The maximum Gasteiger partial charge on any atom is 0.329 e. The molecule has 22 heavy (non-hydrogen) atoms. The molecule has 1 fully saturated rings. The molecule has 5 nitrogen and oxygen atoms in total. The van der Waals surface area contributed by atoms with E-state index in [9.17, 15) is 9.59 Å². The minimum absolute atomic E-state index is 0.0549. The first-order valence-corrected chi connectivity index (χ1v) is 8.46. The quantitative estimate of drug-likeness (QED) is 0.755. The molecular weight excluding hydrogens is 300 g/mol. The van der Waals surface area contributed by atoms with Crippen LogP contribution in [0.1, 0.15) is 41.4 Å².